The minimum Gasteiger partial charge on any atom is -0.417 e. The molecule has 1 aromatic rings. The molecule has 0 saturated carbocycles. The van der Waals surface area contributed by atoms with Gasteiger partial charge in [0.05, 0.1) is 6.42 Å². The molecule has 0 aliphatic rings. The maximum Gasteiger partial charge on any atom is 0.240 e. The molecule has 1 atom stereocenters. The standard InChI is InChI=1S/C18H29FN2O3Si/c1-18(2,3)25(4,5)24-11-10-15(17(20)23)21-16(22)12-13-6-8-14(19)9-7-13/h6-9,15H,10-12H2,1-5H3,(H2,20,23)(H,21,22)/t15-/m0/s1. The van der Waals surface area contributed by atoms with Gasteiger partial charge in [-0.15, -0.1) is 0 Å². The zero-order chi connectivity index (χ0) is 19.3. The van der Waals surface area contributed by atoms with Crippen molar-refractivity contribution < 1.29 is 18.4 Å². The summed E-state index contributed by atoms with van der Waals surface area (Å²) in [5, 5.41) is 2.70. The lowest BCUT2D eigenvalue weighted by molar-refractivity contribution is -0.127. The van der Waals surface area contributed by atoms with E-state index in [9.17, 15) is 14.0 Å². The third-order valence-corrected chi connectivity index (χ3v) is 9.17. The number of rotatable bonds is 8. The van der Waals surface area contributed by atoms with Gasteiger partial charge in [-0.1, -0.05) is 32.9 Å². The Kier molecular flexibility index (Phi) is 7.31. The highest BCUT2D eigenvalue weighted by atomic mass is 28.4. The summed E-state index contributed by atoms with van der Waals surface area (Å²) < 4.78 is 18.9. The number of primary amides is 1. The van der Waals surface area contributed by atoms with Crippen LogP contribution in [-0.2, 0) is 20.4 Å². The summed E-state index contributed by atoms with van der Waals surface area (Å²) in [4.78, 5) is 23.7. The summed E-state index contributed by atoms with van der Waals surface area (Å²) in [5.41, 5.74) is 6.05. The van der Waals surface area contributed by atoms with Gasteiger partial charge in [0, 0.05) is 6.61 Å². The average molecular weight is 369 g/mol. The Labute approximate surface area is 150 Å². The predicted octanol–water partition coefficient (Wildman–Crippen LogP) is 2.75. The summed E-state index contributed by atoms with van der Waals surface area (Å²) >= 11 is 0. The van der Waals surface area contributed by atoms with Crippen LogP contribution in [0.1, 0.15) is 32.8 Å². The topological polar surface area (TPSA) is 81.4 Å². The van der Waals surface area contributed by atoms with Crippen LogP contribution in [0.2, 0.25) is 18.1 Å². The number of nitrogens with two attached hydrogens (primary N) is 1. The highest BCUT2D eigenvalue weighted by Crippen LogP contribution is 2.36. The number of nitrogens with one attached hydrogen (secondary N) is 1. The molecule has 25 heavy (non-hydrogen) atoms. The maximum atomic E-state index is 12.9. The number of benzene rings is 1. The van der Waals surface area contributed by atoms with Crippen LogP contribution in [0.4, 0.5) is 4.39 Å². The largest absolute Gasteiger partial charge is 0.417 e. The summed E-state index contributed by atoms with van der Waals surface area (Å²) in [6.07, 6.45) is 0.393. The molecule has 0 spiro atoms. The van der Waals surface area contributed by atoms with Gasteiger partial charge in [0.2, 0.25) is 11.8 Å². The molecule has 0 aliphatic heterocycles. The van der Waals surface area contributed by atoms with Crippen LogP contribution in [0.25, 0.3) is 0 Å². The number of hydrogen-bond acceptors (Lipinski definition) is 3. The number of halogens is 1. The van der Waals surface area contributed by atoms with Crippen molar-refractivity contribution in [3.05, 3.63) is 35.6 Å². The molecular formula is C18H29FN2O3Si. The molecule has 0 heterocycles. The fourth-order valence-electron chi connectivity index (χ4n) is 1.97. The second kappa shape index (κ2) is 8.58. The minimum atomic E-state index is -1.91. The number of carbonyl (C=O) groups is 2. The van der Waals surface area contributed by atoms with E-state index in [1.165, 1.54) is 24.3 Å². The van der Waals surface area contributed by atoms with E-state index in [1.54, 1.807) is 0 Å². The summed E-state index contributed by atoms with van der Waals surface area (Å²) in [7, 11) is -1.91. The third kappa shape index (κ3) is 6.95. The zero-order valence-electron chi connectivity index (χ0n) is 15.7. The van der Waals surface area contributed by atoms with Crippen LogP contribution in [0.3, 0.4) is 0 Å². The molecule has 0 bridgehead atoms. The summed E-state index contributed by atoms with van der Waals surface area (Å²) in [6, 6.07) is 4.88. The van der Waals surface area contributed by atoms with Gasteiger partial charge in [0.15, 0.2) is 8.32 Å². The lowest BCUT2D eigenvalue weighted by Gasteiger charge is -2.36. The first-order valence-electron chi connectivity index (χ1n) is 8.39. The van der Waals surface area contributed by atoms with Crippen molar-refractivity contribution in [2.45, 2.75) is 57.8 Å². The molecule has 0 aromatic heterocycles. The summed E-state index contributed by atoms with van der Waals surface area (Å²) in [5.74, 6) is -1.28. The molecule has 3 N–H and O–H groups in total. The Hall–Kier alpha value is -1.73. The predicted molar refractivity (Wildman–Crippen MR) is 99.0 cm³/mol. The Morgan fingerprint density at radius 3 is 2.28 bits per heavy atom. The fourth-order valence-corrected chi connectivity index (χ4v) is 3.03. The monoisotopic (exact) mass is 368 g/mol. The van der Waals surface area contributed by atoms with Gasteiger partial charge in [-0.2, -0.15) is 0 Å². The molecule has 0 radical (unpaired) electrons. The first-order valence-corrected chi connectivity index (χ1v) is 11.3. The highest BCUT2D eigenvalue weighted by Gasteiger charge is 2.37. The SMILES string of the molecule is CC(C)(C)[Si](C)(C)OCC[C@H](NC(=O)Cc1ccc(F)cc1)C(N)=O. The number of carbonyl (C=O) groups excluding carboxylic acids is 2. The molecule has 0 saturated heterocycles. The van der Waals surface area contributed by atoms with Gasteiger partial charge in [-0.25, -0.2) is 4.39 Å². The second-order valence-electron chi connectivity index (χ2n) is 7.72. The smallest absolute Gasteiger partial charge is 0.240 e. The lowest BCUT2D eigenvalue weighted by atomic mass is 10.1. The van der Waals surface area contributed by atoms with Crippen LogP contribution < -0.4 is 11.1 Å². The molecule has 1 aromatic carbocycles. The maximum absolute atomic E-state index is 12.9. The van der Waals surface area contributed by atoms with Crippen molar-refractivity contribution in [2.24, 2.45) is 5.73 Å². The van der Waals surface area contributed by atoms with Crippen LogP contribution >= 0.6 is 0 Å². The number of hydrogen-bond donors (Lipinski definition) is 2. The van der Waals surface area contributed by atoms with E-state index in [4.69, 9.17) is 10.2 Å². The Balaban J connectivity index is 2.55. The third-order valence-electron chi connectivity index (χ3n) is 4.63. The normalized spacial score (nSPS) is 13.4. The molecule has 1 rings (SSSR count). The van der Waals surface area contributed by atoms with Gasteiger partial charge >= 0.3 is 0 Å². The van der Waals surface area contributed by atoms with E-state index >= 15 is 0 Å². The molecule has 2 amide bonds. The second-order valence-corrected chi connectivity index (χ2v) is 12.5. The quantitative estimate of drug-likeness (QED) is 0.692. The van der Waals surface area contributed by atoms with Crippen molar-refractivity contribution in [1.29, 1.82) is 0 Å². The van der Waals surface area contributed by atoms with Gasteiger partial charge in [-0.05, 0) is 42.2 Å². The van der Waals surface area contributed by atoms with Gasteiger partial charge in [0.1, 0.15) is 11.9 Å². The first kappa shape index (κ1) is 21.3. The molecule has 7 heteroatoms. The fraction of sp³-hybridized carbons (Fsp3) is 0.556. The van der Waals surface area contributed by atoms with E-state index in [-0.39, 0.29) is 23.2 Å². The Bertz CT molecular complexity index is 597. The summed E-state index contributed by atoms with van der Waals surface area (Å²) in [6.45, 7) is 11.0. The van der Waals surface area contributed by atoms with E-state index < -0.39 is 20.3 Å². The first-order chi connectivity index (χ1) is 11.4. The van der Waals surface area contributed by atoms with Crippen molar-refractivity contribution in [3.8, 4) is 0 Å². The highest BCUT2D eigenvalue weighted by molar-refractivity contribution is 6.74. The lowest BCUT2D eigenvalue weighted by Crippen LogP contribution is -2.47. The Morgan fingerprint density at radius 2 is 1.80 bits per heavy atom. The van der Waals surface area contributed by atoms with Crippen LogP contribution in [-0.4, -0.2) is 32.8 Å². The van der Waals surface area contributed by atoms with Gasteiger partial charge in [-0.3, -0.25) is 9.59 Å². The molecule has 140 valence electrons. The molecule has 0 unspecified atom stereocenters. The average Bonchev–Trinajstić information content (AvgIpc) is 2.47. The van der Waals surface area contributed by atoms with Crippen molar-refractivity contribution in [3.63, 3.8) is 0 Å². The van der Waals surface area contributed by atoms with Crippen LogP contribution in [0.5, 0.6) is 0 Å². The molecule has 0 aliphatic carbocycles. The van der Waals surface area contributed by atoms with Crippen LogP contribution in [0.15, 0.2) is 24.3 Å². The minimum absolute atomic E-state index is 0.0627. The van der Waals surface area contributed by atoms with Crippen molar-refractivity contribution >= 4 is 20.1 Å². The van der Waals surface area contributed by atoms with Gasteiger partial charge < -0.3 is 15.5 Å². The zero-order valence-corrected chi connectivity index (χ0v) is 16.7. The molecule has 0 fully saturated rings. The van der Waals surface area contributed by atoms with Crippen molar-refractivity contribution in [1.82, 2.24) is 5.32 Å². The molecule has 5 nitrogen and oxygen atoms in total. The Morgan fingerprint density at radius 1 is 1.24 bits per heavy atom. The van der Waals surface area contributed by atoms with Crippen molar-refractivity contribution in [2.75, 3.05) is 6.61 Å². The number of amides is 2. The van der Waals surface area contributed by atoms with E-state index in [2.05, 4.69) is 39.2 Å². The van der Waals surface area contributed by atoms with E-state index in [1.807, 2.05) is 0 Å². The van der Waals surface area contributed by atoms with Crippen LogP contribution in [0, 0.1) is 5.82 Å². The van der Waals surface area contributed by atoms with E-state index in [0.29, 0.717) is 18.6 Å². The van der Waals surface area contributed by atoms with Gasteiger partial charge in [0.25, 0.3) is 0 Å². The molecular weight excluding hydrogens is 339 g/mol. The van der Waals surface area contributed by atoms with E-state index in [0.717, 1.165) is 0 Å².